The normalized spacial score (nSPS) is 11.3. The molecular formula is C21H17FN6S2. The maximum absolute atomic E-state index is 13.9. The second-order valence-electron chi connectivity index (χ2n) is 6.86. The fourth-order valence-electron chi connectivity index (χ4n) is 3.20. The Bertz CT molecular complexity index is 1320. The maximum Gasteiger partial charge on any atom is 0.183 e. The minimum Gasteiger partial charge on any atom is -0.357 e. The molecule has 0 aliphatic carbocycles. The van der Waals surface area contributed by atoms with Crippen molar-refractivity contribution in [3.63, 3.8) is 0 Å². The van der Waals surface area contributed by atoms with Crippen molar-refractivity contribution in [1.82, 2.24) is 23.5 Å². The molecule has 0 spiro atoms. The first kappa shape index (κ1) is 18.8. The number of aromatic nitrogens is 5. The summed E-state index contributed by atoms with van der Waals surface area (Å²) in [6.45, 7) is 3.02. The summed E-state index contributed by atoms with van der Waals surface area (Å²) in [7, 11) is 0. The number of benzene rings is 2. The first-order valence-corrected chi connectivity index (χ1v) is 10.9. The highest BCUT2D eigenvalue weighted by molar-refractivity contribution is 7.19. The lowest BCUT2D eigenvalue weighted by atomic mass is 10.2. The van der Waals surface area contributed by atoms with Gasteiger partial charge in [0, 0.05) is 18.3 Å². The van der Waals surface area contributed by atoms with Gasteiger partial charge in [0.1, 0.15) is 22.5 Å². The molecule has 2 aromatic carbocycles. The van der Waals surface area contributed by atoms with Crippen molar-refractivity contribution in [2.24, 2.45) is 0 Å². The summed E-state index contributed by atoms with van der Waals surface area (Å²) < 4.78 is 24.2. The molecule has 0 fully saturated rings. The number of nitrogens with zero attached hydrogens (tertiary/aromatic N) is 5. The molecular weight excluding hydrogens is 419 g/mol. The van der Waals surface area contributed by atoms with E-state index in [2.05, 4.69) is 24.1 Å². The SMILES string of the molecule is Cc1nc(NCc2ccc3nsnc3c2)sc1-c1ccn(Cc2ccccc2F)n1. The summed E-state index contributed by atoms with van der Waals surface area (Å²) in [6, 6.07) is 14.8. The molecule has 30 heavy (non-hydrogen) atoms. The number of thiazole rings is 1. The molecule has 0 saturated heterocycles. The van der Waals surface area contributed by atoms with Crippen LogP contribution in [0.1, 0.15) is 16.8 Å². The van der Waals surface area contributed by atoms with Crippen LogP contribution in [0.3, 0.4) is 0 Å². The zero-order valence-corrected chi connectivity index (χ0v) is 17.7. The molecule has 0 atom stereocenters. The van der Waals surface area contributed by atoms with Gasteiger partial charge in [0.15, 0.2) is 5.13 Å². The Kier molecular flexibility index (Phi) is 4.97. The van der Waals surface area contributed by atoms with Gasteiger partial charge >= 0.3 is 0 Å². The van der Waals surface area contributed by atoms with Crippen molar-refractivity contribution in [3.8, 4) is 10.6 Å². The van der Waals surface area contributed by atoms with Crippen LogP contribution in [0.2, 0.25) is 0 Å². The molecule has 6 nitrogen and oxygen atoms in total. The Morgan fingerprint density at radius 3 is 2.83 bits per heavy atom. The number of fused-ring (bicyclic) bond motifs is 1. The fraction of sp³-hybridized carbons (Fsp3) is 0.143. The molecule has 9 heteroatoms. The van der Waals surface area contributed by atoms with Crippen LogP contribution in [-0.2, 0) is 13.1 Å². The molecule has 0 bridgehead atoms. The van der Waals surface area contributed by atoms with Gasteiger partial charge in [-0.15, -0.1) is 0 Å². The topological polar surface area (TPSA) is 68.5 Å². The highest BCUT2D eigenvalue weighted by atomic mass is 32.1. The Balaban J connectivity index is 1.30. The summed E-state index contributed by atoms with van der Waals surface area (Å²) in [5, 5.41) is 8.83. The molecule has 0 saturated carbocycles. The molecule has 5 aromatic rings. The van der Waals surface area contributed by atoms with Crippen LogP contribution in [0.15, 0.2) is 54.7 Å². The molecule has 5 rings (SSSR count). The molecule has 0 radical (unpaired) electrons. The highest BCUT2D eigenvalue weighted by Gasteiger charge is 2.13. The standard InChI is InChI=1S/C21H17FN6S2/c1-13-20(18-8-9-28(25-18)12-15-4-2-3-5-16(15)22)29-21(24-13)23-11-14-6-7-17-19(10-14)27-30-26-17/h2-10H,11-12H2,1H3,(H,23,24). The Morgan fingerprint density at radius 1 is 1.07 bits per heavy atom. The second-order valence-corrected chi connectivity index (χ2v) is 8.39. The monoisotopic (exact) mass is 436 g/mol. The average Bonchev–Trinajstić information content (AvgIpc) is 3.47. The summed E-state index contributed by atoms with van der Waals surface area (Å²) in [5.74, 6) is -0.221. The van der Waals surface area contributed by atoms with Crippen LogP contribution in [0.4, 0.5) is 9.52 Å². The van der Waals surface area contributed by atoms with Crippen LogP contribution in [0, 0.1) is 12.7 Å². The van der Waals surface area contributed by atoms with Crippen LogP contribution in [0.5, 0.6) is 0 Å². The molecule has 0 unspecified atom stereocenters. The third-order valence-corrected chi connectivity index (χ3v) is 6.42. The van der Waals surface area contributed by atoms with Crippen molar-refractivity contribution in [3.05, 3.63) is 77.4 Å². The number of aryl methyl sites for hydroxylation is 1. The minimum absolute atomic E-state index is 0.221. The van der Waals surface area contributed by atoms with Gasteiger partial charge in [-0.2, -0.15) is 13.8 Å². The van der Waals surface area contributed by atoms with Crippen LogP contribution < -0.4 is 5.32 Å². The quantitative estimate of drug-likeness (QED) is 0.400. The number of nitrogens with one attached hydrogen (secondary N) is 1. The van der Waals surface area contributed by atoms with E-state index in [1.165, 1.54) is 17.8 Å². The molecule has 0 amide bonds. The van der Waals surface area contributed by atoms with E-state index in [1.807, 2.05) is 43.5 Å². The lowest BCUT2D eigenvalue weighted by Crippen LogP contribution is -2.02. The van der Waals surface area contributed by atoms with E-state index < -0.39 is 0 Å². The van der Waals surface area contributed by atoms with Crippen molar-refractivity contribution in [1.29, 1.82) is 0 Å². The van der Waals surface area contributed by atoms with Crippen LogP contribution in [-0.4, -0.2) is 23.5 Å². The first-order valence-electron chi connectivity index (χ1n) is 9.35. The van der Waals surface area contributed by atoms with E-state index in [-0.39, 0.29) is 5.82 Å². The largest absolute Gasteiger partial charge is 0.357 e. The average molecular weight is 437 g/mol. The summed E-state index contributed by atoms with van der Waals surface area (Å²) in [6.07, 6.45) is 1.87. The number of anilines is 1. The van der Waals surface area contributed by atoms with E-state index in [9.17, 15) is 4.39 Å². The Morgan fingerprint density at radius 2 is 1.93 bits per heavy atom. The van der Waals surface area contributed by atoms with E-state index in [1.54, 1.807) is 28.2 Å². The van der Waals surface area contributed by atoms with Gasteiger partial charge in [-0.25, -0.2) is 9.37 Å². The third-order valence-electron chi connectivity index (χ3n) is 4.72. The van der Waals surface area contributed by atoms with Crippen molar-refractivity contribution in [2.45, 2.75) is 20.0 Å². The first-order chi connectivity index (χ1) is 14.7. The van der Waals surface area contributed by atoms with Crippen molar-refractivity contribution in [2.75, 3.05) is 5.32 Å². The highest BCUT2D eigenvalue weighted by Crippen LogP contribution is 2.32. The van der Waals surface area contributed by atoms with Crippen molar-refractivity contribution >= 4 is 39.2 Å². The molecule has 0 aliphatic heterocycles. The molecule has 0 aliphatic rings. The number of halogens is 1. The lowest BCUT2D eigenvalue weighted by Gasteiger charge is -2.03. The van der Waals surface area contributed by atoms with Gasteiger partial charge < -0.3 is 5.32 Å². The van der Waals surface area contributed by atoms with Crippen LogP contribution in [0.25, 0.3) is 21.6 Å². The van der Waals surface area contributed by atoms with Crippen molar-refractivity contribution < 1.29 is 4.39 Å². The van der Waals surface area contributed by atoms with E-state index >= 15 is 0 Å². The molecule has 3 heterocycles. The van der Waals surface area contributed by atoms with Gasteiger partial charge in [0.2, 0.25) is 0 Å². The van der Waals surface area contributed by atoms with Gasteiger partial charge in [-0.05, 0) is 36.8 Å². The second kappa shape index (κ2) is 7.92. The molecule has 150 valence electrons. The smallest absolute Gasteiger partial charge is 0.183 e. The predicted octanol–water partition coefficient (Wildman–Crippen LogP) is 5.12. The fourth-order valence-corrected chi connectivity index (χ4v) is 4.64. The summed E-state index contributed by atoms with van der Waals surface area (Å²) in [5.41, 5.74) is 5.32. The maximum atomic E-state index is 13.9. The number of hydrogen-bond donors (Lipinski definition) is 1. The number of rotatable bonds is 6. The van der Waals surface area contributed by atoms with Crippen LogP contribution >= 0.6 is 23.1 Å². The van der Waals surface area contributed by atoms with Gasteiger partial charge in [-0.3, -0.25) is 4.68 Å². The van der Waals surface area contributed by atoms with E-state index in [0.717, 1.165) is 38.0 Å². The number of hydrogen-bond acceptors (Lipinski definition) is 7. The van der Waals surface area contributed by atoms with Gasteiger partial charge in [0.05, 0.1) is 28.8 Å². The van der Waals surface area contributed by atoms with E-state index in [4.69, 9.17) is 0 Å². The summed E-state index contributed by atoms with van der Waals surface area (Å²) >= 11 is 2.78. The Labute approximate surface area is 180 Å². The third kappa shape index (κ3) is 3.81. The molecule has 1 N–H and O–H groups in total. The summed E-state index contributed by atoms with van der Waals surface area (Å²) in [4.78, 5) is 5.64. The van der Waals surface area contributed by atoms with E-state index in [0.29, 0.717) is 18.7 Å². The van der Waals surface area contributed by atoms with Gasteiger partial charge in [0.25, 0.3) is 0 Å². The van der Waals surface area contributed by atoms with Gasteiger partial charge in [-0.1, -0.05) is 35.6 Å². The zero-order chi connectivity index (χ0) is 20.5. The Hall–Kier alpha value is -3.17. The zero-order valence-electron chi connectivity index (χ0n) is 16.0. The predicted molar refractivity (Wildman–Crippen MR) is 118 cm³/mol. The lowest BCUT2D eigenvalue weighted by molar-refractivity contribution is 0.586. The minimum atomic E-state index is -0.221. The molecule has 3 aromatic heterocycles.